The Morgan fingerprint density at radius 1 is 1.19 bits per heavy atom. The number of nitro groups is 1. The molecule has 0 unspecified atom stereocenters. The van der Waals surface area contributed by atoms with Gasteiger partial charge in [-0.25, -0.2) is 4.79 Å². The summed E-state index contributed by atoms with van der Waals surface area (Å²) in [5, 5.41) is 10.7. The first-order valence-electron chi connectivity index (χ1n) is 6.25. The van der Waals surface area contributed by atoms with E-state index in [1.54, 1.807) is 30.3 Å². The molecule has 0 saturated carbocycles. The van der Waals surface area contributed by atoms with Gasteiger partial charge in [0.25, 0.3) is 5.69 Å². The predicted molar refractivity (Wildman–Crippen MR) is 78.9 cm³/mol. The number of ether oxygens (including phenoxy) is 1. The standard InChI is InChI=1S/C16H13NO4/c1-12-4-2-7-15(10-12)21-16(18)9-8-13-5-3-6-14(11-13)17(19)20/h2-11H,1H3. The van der Waals surface area contributed by atoms with Crippen molar-refractivity contribution >= 4 is 17.7 Å². The van der Waals surface area contributed by atoms with Gasteiger partial charge in [0.1, 0.15) is 5.75 Å². The van der Waals surface area contributed by atoms with Crippen molar-refractivity contribution in [2.75, 3.05) is 0 Å². The fourth-order valence-corrected chi connectivity index (χ4v) is 1.74. The molecule has 0 saturated heterocycles. The van der Waals surface area contributed by atoms with Gasteiger partial charge in [-0.2, -0.15) is 0 Å². The van der Waals surface area contributed by atoms with Crippen molar-refractivity contribution in [1.29, 1.82) is 0 Å². The Bertz CT molecular complexity index is 707. The molecule has 0 atom stereocenters. The average molecular weight is 283 g/mol. The summed E-state index contributed by atoms with van der Waals surface area (Å²) in [6, 6.07) is 13.1. The maximum absolute atomic E-state index is 11.7. The molecule has 2 aromatic carbocycles. The third-order valence-electron chi connectivity index (χ3n) is 2.70. The molecule has 0 aromatic heterocycles. The Hall–Kier alpha value is -2.95. The van der Waals surface area contributed by atoms with Gasteiger partial charge in [-0.3, -0.25) is 10.1 Å². The van der Waals surface area contributed by atoms with E-state index >= 15 is 0 Å². The summed E-state index contributed by atoms with van der Waals surface area (Å²) in [6.07, 6.45) is 2.71. The summed E-state index contributed by atoms with van der Waals surface area (Å²) in [6.45, 7) is 1.90. The van der Waals surface area contributed by atoms with Crippen LogP contribution in [0.15, 0.2) is 54.6 Å². The fraction of sp³-hybridized carbons (Fsp3) is 0.0625. The minimum atomic E-state index is -0.535. The van der Waals surface area contributed by atoms with Gasteiger partial charge in [-0.1, -0.05) is 24.3 Å². The van der Waals surface area contributed by atoms with Crippen LogP contribution in [0.5, 0.6) is 5.75 Å². The number of hydrogen-bond acceptors (Lipinski definition) is 4. The van der Waals surface area contributed by atoms with E-state index in [0.29, 0.717) is 11.3 Å². The lowest BCUT2D eigenvalue weighted by Crippen LogP contribution is -2.03. The van der Waals surface area contributed by atoms with Crippen molar-refractivity contribution in [3.05, 3.63) is 75.8 Å². The Balaban J connectivity index is 2.05. The second kappa shape index (κ2) is 6.47. The Morgan fingerprint density at radius 2 is 1.95 bits per heavy atom. The number of esters is 1. The minimum Gasteiger partial charge on any atom is -0.423 e. The van der Waals surface area contributed by atoms with Crippen LogP contribution in [0.3, 0.4) is 0 Å². The number of aryl methyl sites for hydroxylation is 1. The average Bonchev–Trinajstić information content (AvgIpc) is 2.45. The zero-order valence-electron chi connectivity index (χ0n) is 11.4. The highest BCUT2D eigenvalue weighted by molar-refractivity contribution is 5.88. The molecule has 2 rings (SSSR count). The maximum Gasteiger partial charge on any atom is 0.336 e. The zero-order chi connectivity index (χ0) is 15.2. The Kier molecular flexibility index (Phi) is 4.46. The van der Waals surface area contributed by atoms with Gasteiger partial charge in [0, 0.05) is 18.2 Å². The molecule has 5 nitrogen and oxygen atoms in total. The quantitative estimate of drug-likeness (QED) is 0.283. The molecule has 2 aromatic rings. The summed E-state index contributed by atoms with van der Waals surface area (Å²) in [5.74, 6) is -0.0733. The number of hydrogen-bond donors (Lipinski definition) is 0. The highest BCUT2D eigenvalue weighted by atomic mass is 16.6. The van der Waals surface area contributed by atoms with Crippen molar-refractivity contribution in [2.24, 2.45) is 0 Å². The third kappa shape index (κ3) is 4.28. The molecule has 0 heterocycles. The van der Waals surface area contributed by atoms with Crippen LogP contribution in [-0.4, -0.2) is 10.9 Å². The summed E-state index contributed by atoms with van der Waals surface area (Å²) in [5.41, 5.74) is 1.53. The van der Waals surface area contributed by atoms with Crippen LogP contribution in [0.2, 0.25) is 0 Å². The van der Waals surface area contributed by atoms with Crippen molar-refractivity contribution in [1.82, 2.24) is 0 Å². The highest BCUT2D eigenvalue weighted by Crippen LogP contribution is 2.15. The summed E-state index contributed by atoms with van der Waals surface area (Å²) in [4.78, 5) is 21.8. The minimum absolute atomic E-state index is 0.0239. The summed E-state index contributed by atoms with van der Waals surface area (Å²) >= 11 is 0. The lowest BCUT2D eigenvalue weighted by Gasteiger charge is -2.01. The number of nitro benzene ring substituents is 1. The normalized spacial score (nSPS) is 10.5. The number of benzene rings is 2. The van der Waals surface area contributed by atoms with Gasteiger partial charge in [-0.05, 0) is 36.3 Å². The molecule has 5 heteroatoms. The van der Waals surface area contributed by atoms with Crippen LogP contribution in [0, 0.1) is 17.0 Å². The van der Waals surface area contributed by atoms with Crippen LogP contribution in [-0.2, 0) is 4.79 Å². The van der Waals surface area contributed by atoms with E-state index < -0.39 is 10.9 Å². The molecule has 0 aliphatic carbocycles. The topological polar surface area (TPSA) is 69.4 Å². The van der Waals surface area contributed by atoms with Crippen molar-refractivity contribution in [3.63, 3.8) is 0 Å². The first kappa shape index (κ1) is 14.5. The van der Waals surface area contributed by atoms with Gasteiger partial charge in [-0.15, -0.1) is 0 Å². The molecule has 106 valence electrons. The van der Waals surface area contributed by atoms with E-state index in [1.165, 1.54) is 24.3 Å². The molecule has 0 N–H and O–H groups in total. The second-order valence-corrected chi connectivity index (χ2v) is 4.42. The smallest absolute Gasteiger partial charge is 0.336 e. The van der Waals surface area contributed by atoms with Gasteiger partial charge < -0.3 is 4.74 Å². The van der Waals surface area contributed by atoms with E-state index in [1.807, 2.05) is 13.0 Å². The monoisotopic (exact) mass is 283 g/mol. The fourth-order valence-electron chi connectivity index (χ4n) is 1.74. The number of carbonyl (C=O) groups excluding carboxylic acids is 1. The first-order valence-corrected chi connectivity index (χ1v) is 6.25. The maximum atomic E-state index is 11.7. The lowest BCUT2D eigenvalue weighted by atomic mass is 10.2. The number of carbonyl (C=O) groups is 1. The predicted octanol–water partition coefficient (Wildman–Crippen LogP) is 3.52. The molecular weight excluding hydrogens is 270 g/mol. The van der Waals surface area contributed by atoms with E-state index in [0.717, 1.165) is 5.56 Å². The van der Waals surface area contributed by atoms with Crippen LogP contribution in [0.25, 0.3) is 6.08 Å². The molecular formula is C16H13NO4. The molecule has 0 aliphatic heterocycles. The third-order valence-corrected chi connectivity index (χ3v) is 2.70. The van der Waals surface area contributed by atoms with Gasteiger partial charge in [0.15, 0.2) is 0 Å². The van der Waals surface area contributed by atoms with Gasteiger partial charge in [0.2, 0.25) is 0 Å². The van der Waals surface area contributed by atoms with Crippen LogP contribution >= 0.6 is 0 Å². The SMILES string of the molecule is Cc1cccc(OC(=O)C=Cc2cccc([N+](=O)[O-])c2)c1. The van der Waals surface area contributed by atoms with Gasteiger partial charge >= 0.3 is 5.97 Å². The van der Waals surface area contributed by atoms with Crippen molar-refractivity contribution in [2.45, 2.75) is 6.92 Å². The zero-order valence-corrected chi connectivity index (χ0v) is 11.4. The molecule has 0 radical (unpaired) electrons. The molecule has 21 heavy (non-hydrogen) atoms. The van der Waals surface area contributed by atoms with Crippen LogP contribution in [0.4, 0.5) is 5.69 Å². The number of rotatable bonds is 4. The van der Waals surface area contributed by atoms with Crippen LogP contribution < -0.4 is 4.74 Å². The largest absolute Gasteiger partial charge is 0.423 e. The van der Waals surface area contributed by atoms with Gasteiger partial charge in [0.05, 0.1) is 4.92 Å². The summed E-state index contributed by atoms with van der Waals surface area (Å²) < 4.78 is 5.14. The Labute approximate surface area is 121 Å². The molecule has 0 bridgehead atoms. The molecule has 0 amide bonds. The summed E-state index contributed by atoms with van der Waals surface area (Å²) in [7, 11) is 0. The lowest BCUT2D eigenvalue weighted by molar-refractivity contribution is -0.384. The van der Waals surface area contributed by atoms with E-state index in [-0.39, 0.29) is 5.69 Å². The molecule has 0 aliphatic rings. The first-order chi connectivity index (χ1) is 10.0. The van der Waals surface area contributed by atoms with Crippen molar-refractivity contribution < 1.29 is 14.5 Å². The second-order valence-electron chi connectivity index (χ2n) is 4.42. The van der Waals surface area contributed by atoms with E-state index in [4.69, 9.17) is 4.74 Å². The van der Waals surface area contributed by atoms with Crippen LogP contribution in [0.1, 0.15) is 11.1 Å². The molecule has 0 fully saturated rings. The Morgan fingerprint density at radius 3 is 2.67 bits per heavy atom. The number of nitrogens with zero attached hydrogens (tertiary/aromatic N) is 1. The highest BCUT2D eigenvalue weighted by Gasteiger charge is 2.05. The van der Waals surface area contributed by atoms with E-state index in [9.17, 15) is 14.9 Å². The molecule has 0 spiro atoms. The van der Waals surface area contributed by atoms with Crippen molar-refractivity contribution in [3.8, 4) is 5.75 Å². The number of non-ortho nitro benzene ring substituents is 1. The van der Waals surface area contributed by atoms with E-state index in [2.05, 4.69) is 0 Å².